The summed E-state index contributed by atoms with van der Waals surface area (Å²) in [4.78, 5) is 31.5. The van der Waals surface area contributed by atoms with Gasteiger partial charge in [-0.3, -0.25) is 14.5 Å². The molecule has 0 aliphatic carbocycles. The van der Waals surface area contributed by atoms with Crippen molar-refractivity contribution in [1.82, 2.24) is 4.90 Å². The molecule has 1 N–H and O–H groups in total. The topological polar surface area (TPSA) is 71.0 Å². The molecule has 6 nitrogen and oxygen atoms in total. The van der Waals surface area contributed by atoms with E-state index in [9.17, 15) is 9.59 Å². The van der Waals surface area contributed by atoms with Gasteiger partial charge in [0.2, 0.25) is 11.8 Å². The first kappa shape index (κ1) is 19.0. The number of nitrogens with zero attached hydrogens (tertiary/aromatic N) is 2. The van der Waals surface area contributed by atoms with Gasteiger partial charge >= 0.3 is 0 Å². The van der Waals surface area contributed by atoms with Crippen molar-refractivity contribution in [2.75, 3.05) is 19.0 Å². The minimum Gasteiger partial charge on any atom is -0.495 e. The first-order chi connectivity index (χ1) is 13.1. The molecule has 140 valence electrons. The smallest absolute Gasteiger partial charge is 0.238 e. The highest BCUT2D eigenvalue weighted by atomic mass is 32.2. The predicted molar refractivity (Wildman–Crippen MR) is 109 cm³/mol. The first-order valence-electron chi connectivity index (χ1n) is 8.67. The molecule has 1 heterocycles. The van der Waals surface area contributed by atoms with Crippen LogP contribution in [0, 0.1) is 0 Å². The van der Waals surface area contributed by atoms with Gasteiger partial charge in [0.05, 0.1) is 18.5 Å². The van der Waals surface area contributed by atoms with Gasteiger partial charge in [-0.15, -0.1) is 0 Å². The Kier molecular flexibility index (Phi) is 6.13. The number of ether oxygens (including phenoxy) is 1. The van der Waals surface area contributed by atoms with Crippen LogP contribution < -0.4 is 10.1 Å². The number of amides is 2. The van der Waals surface area contributed by atoms with Crippen LogP contribution in [0.4, 0.5) is 11.4 Å². The minimum atomic E-state index is -0.548. The van der Waals surface area contributed by atoms with Crippen molar-refractivity contribution in [2.24, 2.45) is 4.99 Å². The monoisotopic (exact) mass is 383 g/mol. The van der Waals surface area contributed by atoms with Gasteiger partial charge in [-0.1, -0.05) is 42.1 Å². The number of nitrogens with one attached hydrogen (secondary N) is 1. The van der Waals surface area contributed by atoms with Gasteiger partial charge in [-0.25, -0.2) is 4.99 Å². The molecule has 1 fully saturated rings. The Hall–Kier alpha value is -2.80. The molecule has 1 aliphatic rings. The van der Waals surface area contributed by atoms with Crippen molar-refractivity contribution in [1.29, 1.82) is 0 Å². The second-order valence-corrected chi connectivity index (χ2v) is 7.04. The molecule has 0 bridgehead atoms. The molecular formula is C20H21N3O3S. The number of amidine groups is 1. The highest BCUT2D eigenvalue weighted by molar-refractivity contribution is 8.15. The molecular weight excluding hydrogens is 362 g/mol. The van der Waals surface area contributed by atoms with E-state index >= 15 is 0 Å². The standard InChI is InChI=1S/C20H21N3O3S/c1-3-23-18(24)13-17(27-20(23)21-14-9-5-4-6-10-14)19(25)22-15-11-7-8-12-16(15)26-2/h4-12,17H,3,13H2,1-2H3,(H,22,25). The van der Waals surface area contributed by atoms with Gasteiger partial charge in [-0.2, -0.15) is 0 Å². The maximum Gasteiger partial charge on any atom is 0.238 e. The SMILES string of the molecule is CCN1C(=O)CC(C(=O)Nc2ccccc2OC)SC1=Nc1ccccc1. The summed E-state index contributed by atoms with van der Waals surface area (Å²) in [5.41, 5.74) is 1.33. The molecule has 0 spiro atoms. The highest BCUT2D eigenvalue weighted by Crippen LogP contribution is 2.31. The summed E-state index contributed by atoms with van der Waals surface area (Å²) < 4.78 is 5.27. The van der Waals surface area contributed by atoms with E-state index in [2.05, 4.69) is 10.3 Å². The van der Waals surface area contributed by atoms with Crippen LogP contribution in [-0.2, 0) is 9.59 Å². The molecule has 3 rings (SSSR count). The summed E-state index contributed by atoms with van der Waals surface area (Å²) >= 11 is 1.31. The number of rotatable bonds is 5. The molecule has 2 amide bonds. The summed E-state index contributed by atoms with van der Waals surface area (Å²) in [5, 5.41) is 2.85. The number of para-hydroxylation sites is 3. The highest BCUT2D eigenvalue weighted by Gasteiger charge is 2.35. The summed E-state index contributed by atoms with van der Waals surface area (Å²) in [6, 6.07) is 16.6. The van der Waals surface area contributed by atoms with Crippen LogP contribution in [0.5, 0.6) is 5.75 Å². The zero-order valence-electron chi connectivity index (χ0n) is 15.2. The summed E-state index contributed by atoms with van der Waals surface area (Å²) in [6.07, 6.45) is 0.132. The molecule has 27 heavy (non-hydrogen) atoms. The molecule has 2 aromatic carbocycles. The molecule has 1 unspecified atom stereocenters. The Morgan fingerprint density at radius 3 is 2.63 bits per heavy atom. The Morgan fingerprint density at radius 2 is 1.93 bits per heavy atom. The number of thioether (sulfide) groups is 1. The fourth-order valence-electron chi connectivity index (χ4n) is 2.73. The van der Waals surface area contributed by atoms with Crippen LogP contribution in [0.3, 0.4) is 0 Å². The van der Waals surface area contributed by atoms with E-state index in [1.165, 1.54) is 11.8 Å². The quantitative estimate of drug-likeness (QED) is 0.855. The van der Waals surface area contributed by atoms with Gasteiger partial charge in [0.1, 0.15) is 11.0 Å². The van der Waals surface area contributed by atoms with E-state index in [0.717, 1.165) is 5.69 Å². The van der Waals surface area contributed by atoms with Crippen molar-refractivity contribution in [3.05, 3.63) is 54.6 Å². The zero-order chi connectivity index (χ0) is 19.2. The predicted octanol–water partition coefficient (Wildman–Crippen LogP) is 3.68. The van der Waals surface area contributed by atoms with Gasteiger partial charge < -0.3 is 10.1 Å². The summed E-state index contributed by atoms with van der Waals surface area (Å²) in [5.74, 6) is 0.229. The van der Waals surface area contributed by atoms with Crippen molar-refractivity contribution in [2.45, 2.75) is 18.6 Å². The number of methoxy groups -OCH3 is 1. The Balaban J connectivity index is 1.81. The van der Waals surface area contributed by atoms with Crippen molar-refractivity contribution >= 4 is 40.1 Å². The Labute approximate surface area is 162 Å². The maximum absolute atomic E-state index is 12.8. The second-order valence-electron chi connectivity index (χ2n) is 5.87. The number of carbonyl (C=O) groups is 2. The molecule has 2 aromatic rings. The van der Waals surface area contributed by atoms with Crippen LogP contribution in [-0.4, -0.2) is 40.8 Å². The second kappa shape index (κ2) is 8.73. The molecule has 0 aromatic heterocycles. The maximum atomic E-state index is 12.8. The summed E-state index contributed by atoms with van der Waals surface area (Å²) in [7, 11) is 1.55. The van der Waals surface area contributed by atoms with Gasteiger partial charge in [-0.05, 0) is 31.2 Å². The van der Waals surface area contributed by atoms with Gasteiger partial charge in [0.15, 0.2) is 5.17 Å². The normalized spacial score (nSPS) is 18.4. The van der Waals surface area contributed by atoms with Crippen LogP contribution in [0.15, 0.2) is 59.6 Å². The molecule has 7 heteroatoms. The molecule has 1 atom stereocenters. The third-order valence-corrected chi connectivity index (χ3v) is 5.28. The lowest BCUT2D eigenvalue weighted by atomic mass is 10.2. The molecule has 0 radical (unpaired) electrons. The van der Waals surface area contributed by atoms with Crippen molar-refractivity contribution in [3.8, 4) is 5.75 Å². The number of anilines is 1. The number of aliphatic imine (C=N–C) groups is 1. The Bertz CT molecular complexity index is 855. The lowest BCUT2D eigenvalue weighted by molar-refractivity contribution is -0.129. The van der Waals surface area contributed by atoms with E-state index in [1.807, 2.05) is 49.4 Å². The van der Waals surface area contributed by atoms with E-state index < -0.39 is 5.25 Å². The number of hydrogen-bond acceptors (Lipinski definition) is 5. The number of carbonyl (C=O) groups excluding carboxylic acids is 2. The largest absolute Gasteiger partial charge is 0.495 e. The third kappa shape index (κ3) is 4.49. The third-order valence-electron chi connectivity index (χ3n) is 4.09. The van der Waals surface area contributed by atoms with Crippen LogP contribution in [0.25, 0.3) is 0 Å². The lowest BCUT2D eigenvalue weighted by Gasteiger charge is -2.31. The molecule has 1 saturated heterocycles. The van der Waals surface area contributed by atoms with Crippen LogP contribution in [0.2, 0.25) is 0 Å². The van der Waals surface area contributed by atoms with E-state index in [-0.39, 0.29) is 18.2 Å². The van der Waals surface area contributed by atoms with E-state index in [4.69, 9.17) is 4.74 Å². The van der Waals surface area contributed by atoms with E-state index in [0.29, 0.717) is 23.1 Å². The first-order valence-corrected chi connectivity index (χ1v) is 9.55. The zero-order valence-corrected chi connectivity index (χ0v) is 16.0. The number of hydrogen-bond donors (Lipinski definition) is 1. The van der Waals surface area contributed by atoms with Crippen LogP contribution >= 0.6 is 11.8 Å². The minimum absolute atomic E-state index is 0.105. The average molecular weight is 383 g/mol. The van der Waals surface area contributed by atoms with Crippen molar-refractivity contribution in [3.63, 3.8) is 0 Å². The fraction of sp³-hybridized carbons (Fsp3) is 0.250. The average Bonchev–Trinajstić information content (AvgIpc) is 2.69. The summed E-state index contributed by atoms with van der Waals surface area (Å²) in [6.45, 7) is 2.41. The molecule has 0 saturated carbocycles. The number of benzene rings is 2. The van der Waals surface area contributed by atoms with Crippen LogP contribution in [0.1, 0.15) is 13.3 Å². The van der Waals surface area contributed by atoms with Gasteiger partial charge in [0.25, 0.3) is 0 Å². The van der Waals surface area contributed by atoms with E-state index in [1.54, 1.807) is 24.1 Å². The Morgan fingerprint density at radius 1 is 1.22 bits per heavy atom. The van der Waals surface area contributed by atoms with Crippen molar-refractivity contribution < 1.29 is 14.3 Å². The molecule has 1 aliphatic heterocycles. The fourth-order valence-corrected chi connectivity index (χ4v) is 3.89. The lowest BCUT2D eigenvalue weighted by Crippen LogP contribution is -2.45. The van der Waals surface area contributed by atoms with Gasteiger partial charge in [0, 0.05) is 13.0 Å².